The molecule has 3 rings (SSSR count). The first-order chi connectivity index (χ1) is 11.8. The molecule has 1 N–H and O–H groups in total. The summed E-state index contributed by atoms with van der Waals surface area (Å²) in [6, 6.07) is 5.84. The fraction of sp³-hybridized carbons (Fsp3) is 0.294. The Hall–Kier alpha value is -2.77. The maximum Gasteiger partial charge on any atom is 0.433 e. The summed E-state index contributed by atoms with van der Waals surface area (Å²) >= 11 is 0. The fourth-order valence-electron chi connectivity index (χ4n) is 2.60. The Balaban J connectivity index is 1.90. The van der Waals surface area contributed by atoms with Crippen molar-refractivity contribution in [3.8, 4) is 5.75 Å². The van der Waals surface area contributed by atoms with E-state index in [0.717, 1.165) is 23.2 Å². The van der Waals surface area contributed by atoms with Crippen LogP contribution in [0, 0.1) is 6.92 Å². The molecule has 1 atom stereocenters. The van der Waals surface area contributed by atoms with Crippen LogP contribution in [-0.2, 0) is 6.18 Å². The summed E-state index contributed by atoms with van der Waals surface area (Å²) in [4.78, 5) is 7.36. The lowest BCUT2D eigenvalue weighted by molar-refractivity contribution is -0.141. The Morgan fingerprint density at radius 2 is 2.00 bits per heavy atom. The first-order valence-electron chi connectivity index (χ1n) is 7.53. The van der Waals surface area contributed by atoms with Crippen molar-refractivity contribution in [2.75, 3.05) is 12.4 Å². The zero-order valence-corrected chi connectivity index (χ0v) is 13.8. The number of hydrogen-bond acceptors (Lipinski definition) is 5. The van der Waals surface area contributed by atoms with E-state index in [1.807, 2.05) is 13.0 Å². The third kappa shape index (κ3) is 3.38. The van der Waals surface area contributed by atoms with Crippen molar-refractivity contribution in [1.29, 1.82) is 0 Å². The number of methoxy groups -OCH3 is 1. The highest BCUT2D eigenvalue weighted by molar-refractivity contribution is 5.83. The van der Waals surface area contributed by atoms with Gasteiger partial charge in [-0.1, -0.05) is 0 Å². The molecule has 0 aliphatic rings. The fourth-order valence-corrected chi connectivity index (χ4v) is 2.60. The summed E-state index contributed by atoms with van der Waals surface area (Å²) in [5.41, 5.74) is 0.552. The minimum atomic E-state index is -4.52. The van der Waals surface area contributed by atoms with E-state index in [4.69, 9.17) is 9.15 Å². The van der Waals surface area contributed by atoms with E-state index in [1.54, 1.807) is 26.2 Å². The number of ether oxygens (including phenoxy) is 1. The summed E-state index contributed by atoms with van der Waals surface area (Å²) in [5.74, 6) is 1.19. The molecule has 132 valence electrons. The molecule has 8 heteroatoms. The first kappa shape index (κ1) is 17.1. The lowest BCUT2D eigenvalue weighted by atomic mass is 10.1. The molecule has 0 bridgehead atoms. The zero-order chi connectivity index (χ0) is 18.2. The molecule has 25 heavy (non-hydrogen) atoms. The zero-order valence-electron chi connectivity index (χ0n) is 13.8. The smallest absolute Gasteiger partial charge is 0.433 e. The van der Waals surface area contributed by atoms with Crippen molar-refractivity contribution < 1.29 is 22.3 Å². The average Bonchev–Trinajstić information content (AvgIpc) is 2.91. The molecular formula is C17H16F3N3O2. The molecule has 3 aromatic rings. The maximum absolute atomic E-state index is 12.8. The topological polar surface area (TPSA) is 60.2 Å². The Morgan fingerprint density at radius 1 is 1.24 bits per heavy atom. The van der Waals surface area contributed by atoms with E-state index < -0.39 is 17.9 Å². The predicted molar refractivity (Wildman–Crippen MR) is 86.6 cm³/mol. The highest BCUT2D eigenvalue weighted by Gasteiger charge is 2.33. The molecule has 0 aliphatic carbocycles. The monoisotopic (exact) mass is 351 g/mol. The molecule has 1 unspecified atom stereocenters. The van der Waals surface area contributed by atoms with Gasteiger partial charge in [-0.15, -0.1) is 0 Å². The number of nitrogens with zero attached hydrogens (tertiary/aromatic N) is 2. The summed E-state index contributed by atoms with van der Waals surface area (Å²) in [7, 11) is 1.58. The van der Waals surface area contributed by atoms with Gasteiger partial charge in [0.25, 0.3) is 0 Å². The van der Waals surface area contributed by atoms with E-state index in [2.05, 4.69) is 15.3 Å². The minimum absolute atomic E-state index is 0.111. The number of hydrogen-bond donors (Lipinski definition) is 1. The predicted octanol–water partition coefficient (Wildman–Crippen LogP) is 4.73. The van der Waals surface area contributed by atoms with Crippen molar-refractivity contribution in [2.45, 2.75) is 26.1 Å². The van der Waals surface area contributed by atoms with Crippen LogP contribution in [-0.4, -0.2) is 17.1 Å². The van der Waals surface area contributed by atoms with Crippen LogP contribution in [0.5, 0.6) is 5.75 Å². The van der Waals surface area contributed by atoms with Crippen LogP contribution in [0.2, 0.25) is 0 Å². The molecule has 0 saturated carbocycles. The number of benzene rings is 1. The second-order valence-electron chi connectivity index (χ2n) is 5.58. The van der Waals surface area contributed by atoms with E-state index in [0.29, 0.717) is 17.1 Å². The van der Waals surface area contributed by atoms with Gasteiger partial charge in [-0.3, -0.25) is 0 Å². The highest BCUT2D eigenvalue weighted by atomic mass is 19.4. The van der Waals surface area contributed by atoms with Crippen molar-refractivity contribution in [3.05, 3.63) is 47.5 Å². The van der Waals surface area contributed by atoms with Gasteiger partial charge in [-0.25, -0.2) is 9.97 Å². The molecular weight excluding hydrogens is 335 g/mol. The van der Waals surface area contributed by atoms with E-state index in [-0.39, 0.29) is 5.95 Å². The Bertz CT molecular complexity index is 906. The van der Waals surface area contributed by atoms with Crippen molar-refractivity contribution >= 4 is 16.9 Å². The molecule has 5 nitrogen and oxygen atoms in total. The van der Waals surface area contributed by atoms with Crippen LogP contribution in [0.3, 0.4) is 0 Å². The van der Waals surface area contributed by atoms with Gasteiger partial charge in [0.1, 0.15) is 22.8 Å². The SMILES string of the molecule is COc1ccc2oc(C(C)Nc3nccc(C(F)(F)F)n3)c(C)c2c1. The molecule has 1 aromatic carbocycles. The normalized spacial score (nSPS) is 13.0. The molecule has 0 spiro atoms. The molecule has 0 amide bonds. The van der Waals surface area contributed by atoms with Gasteiger partial charge in [0, 0.05) is 17.1 Å². The summed E-state index contributed by atoms with van der Waals surface area (Å²) in [6.45, 7) is 3.65. The van der Waals surface area contributed by atoms with Gasteiger partial charge < -0.3 is 14.5 Å². The number of alkyl halides is 3. The standard InChI is InChI=1S/C17H16F3N3O2/c1-9-12-8-11(24-3)4-5-13(12)25-15(9)10(2)22-16-21-7-6-14(23-16)17(18,19)20/h4-8,10H,1-3H3,(H,21,22,23). The molecule has 2 aromatic heterocycles. The third-order valence-electron chi connectivity index (χ3n) is 3.87. The molecule has 0 saturated heterocycles. The summed E-state index contributed by atoms with van der Waals surface area (Å²) in [5, 5.41) is 3.74. The maximum atomic E-state index is 12.8. The van der Waals surface area contributed by atoms with Crippen LogP contribution in [0.4, 0.5) is 19.1 Å². The van der Waals surface area contributed by atoms with Crippen LogP contribution in [0.25, 0.3) is 11.0 Å². The lowest BCUT2D eigenvalue weighted by Crippen LogP contribution is -2.14. The number of rotatable bonds is 4. The van der Waals surface area contributed by atoms with Crippen LogP contribution >= 0.6 is 0 Å². The minimum Gasteiger partial charge on any atom is -0.497 e. The molecule has 0 radical (unpaired) electrons. The van der Waals surface area contributed by atoms with Crippen molar-refractivity contribution in [3.63, 3.8) is 0 Å². The number of aromatic nitrogens is 2. The number of anilines is 1. The molecule has 2 heterocycles. The lowest BCUT2D eigenvalue weighted by Gasteiger charge is -2.13. The van der Waals surface area contributed by atoms with Gasteiger partial charge in [0.15, 0.2) is 0 Å². The summed E-state index contributed by atoms with van der Waals surface area (Å²) in [6.07, 6.45) is -3.45. The van der Waals surface area contributed by atoms with Gasteiger partial charge in [0.2, 0.25) is 5.95 Å². The van der Waals surface area contributed by atoms with E-state index >= 15 is 0 Å². The van der Waals surface area contributed by atoms with Gasteiger partial charge in [-0.2, -0.15) is 13.2 Å². The van der Waals surface area contributed by atoms with E-state index in [1.165, 1.54) is 0 Å². The first-order valence-corrected chi connectivity index (χ1v) is 7.53. The average molecular weight is 351 g/mol. The Morgan fingerprint density at radius 3 is 2.68 bits per heavy atom. The van der Waals surface area contributed by atoms with Crippen molar-refractivity contribution in [1.82, 2.24) is 9.97 Å². The van der Waals surface area contributed by atoms with Crippen molar-refractivity contribution in [2.24, 2.45) is 0 Å². The number of nitrogens with one attached hydrogen (secondary N) is 1. The van der Waals surface area contributed by atoms with E-state index in [9.17, 15) is 13.2 Å². The van der Waals surface area contributed by atoms with Gasteiger partial charge in [0.05, 0.1) is 13.2 Å². The number of furan rings is 1. The highest BCUT2D eigenvalue weighted by Crippen LogP contribution is 2.33. The largest absolute Gasteiger partial charge is 0.497 e. The summed E-state index contributed by atoms with van der Waals surface area (Å²) < 4.78 is 49.3. The number of aryl methyl sites for hydroxylation is 1. The van der Waals surface area contributed by atoms with Crippen LogP contribution < -0.4 is 10.1 Å². The third-order valence-corrected chi connectivity index (χ3v) is 3.87. The second-order valence-corrected chi connectivity index (χ2v) is 5.58. The number of halogens is 3. The van der Waals surface area contributed by atoms with Crippen LogP contribution in [0.1, 0.15) is 30.0 Å². The van der Waals surface area contributed by atoms with Crippen LogP contribution in [0.15, 0.2) is 34.9 Å². The second kappa shape index (κ2) is 6.27. The number of fused-ring (bicyclic) bond motifs is 1. The Kier molecular flexibility index (Phi) is 4.28. The molecule has 0 fully saturated rings. The van der Waals surface area contributed by atoms with Gasteiger partial charge in [-0.05, 0) is 38.1 Å². The quantitative estimate of drug-likeness (QED) is 0.736. The Labute approximate surface area is 141 Å². The van der Waals surface area contributed by atoms with Gasteiger partial charge >= 0.3 is 6.18 Å². The molecule has 0 aliphatic heterocycles.